The Kier molecular flexibility index (Phi) is 28.9. The van der Waals surface area contributed by atoms with Crippen molar-refractivity contribution < 1.29 is 51.6 Å². The Morgan fingerprint density at radius 2 is 0.574 bits per heavy atom. The van der Waals surface area contributed by atoms with Crippen molar-refractivity contribution in [2.24, 2.45) is 0 Å². The Hall–Kier alpha value is -9.04. The van der Waals surface area contributed by atoms with Gasteiger partial charge < -0.3 is 29.9 Å². The fourth-order valence-electron chi connectivity index (χ4n) is 10.8. The molecule has 20 nitrogen and oxygen atoms in total. The summed E-state index contributed by atoms with van der Waals surface area (Å²) in [7, 11) is -9.47. The summed E-state index contributed by atoms with van der Waals surface area (Å²) < 4.78 is 78.6. The average molecular weight is 1490 g/mol. The van der Waals surface area contributed by atoms with Crippen molar-refractivity contribution >= 4 is 109 Å². The second kappa shape index (κ2) is 37.6. The van der Waals surface area contributed by atoms with Gasteiger partial charge in [0.2, 0.25) is 30.1 Å². The molecule has 101 heavy (non-hydrogen) atoms. The minimum absolute atomic E-state index is 0. The smallest absolute Gasteiger partial charge is 0.357 e. The van der Waals surface area contributed by atoms with E-state index in [4.69, 9.17) is 49.2 Å². The minimum atomic E-state index is -3.16. The summed E-state index contributed by atoms with van der Waals surface area (Å²) in [5, 5.41) is 5.34. The molecule has 2 aliphatic heterocycles. The number of fused-ring (bicyclic) bond motifs is 20. The van der Waals surface area contributed by atoms with Crippen LogP contribution >= 0.6 is 12.0 Å². The Morgan fingerprint density at radius 3 is 0.822 bits per heavy atom. The molecule has 11 aromatic rings. The van der Waals surface area contributed by atoms with Gasteiger partial charge >= 0.3 is 17.1 Å². The second-order valence-electron chi connectivity index (χ2n) is 23.3. The van der Waals surface area contributed by atoms with Crippen LogP contribution in [0.1, 0.15) is 79.1 Å². The molecule has 3 aromatic heterocycles. The molecule has 25 heteroatoms. The first-order valence-corrected chi connectivity index (χ1v) is 39.9. The number of rotatable bonds is 22. The van der Waals surface area contributed by atoms with Crippen LogP contribution in [0.15, 0.2) is 218 Å². The number of nitrogens with zero attached hydrogens (tertiary/aromatic N) is 12. The van der Waals surface area contributed by atoms with Crippen molar-refractivity contribution in [2.75, 3.05) is 69.2 Å². The SMILES string of the molecule is CCCCN(OOSC)c1ccccc1.CCCCN(c1ccccc1)S(C)(=O)=O.CCCCN(c1ccccc1)S(C)(=O)=O.CCCCN(c1ccccc1)S(C)(=O)=O.[Cu+2].c1ccc2c(c1)-c1nc-2nc2[n-]c(nc3nc(nc4[n-]c(n1)c1ccccc41)-c1ccccc1-3)c1ccccc21. The normalized spacial score (nSPS) is 11.3. The quantitative estimate of drug-likeness (QED) is 0.0265. The molecule has 0 amide bonds. The van der Waals surface area contributed by atoms with Crippen molar-refractivity contribution in [3.8, 4) is 45.6 Å². The van der Waals surface area contributed by atoms with E-state index in [9.17, 15) is 25.3 Å². The molecule has 13 rings (SSSR count). The number of aromatic nitrogens is 8. The molecule has 1 radical (unpaired) electrons. The predicted octanol–water partition coefficient (Wildman–Crippen LogP) is 16.3. The third kappa shape index (κ3) is 21.0. The number of anilines is 4. The van der Waals surface area contributed by atoms with E-state index < -0.39 is 30.1 Å². The first kappa shape index (κ1) is 77.7. The van der Waals surface area contributed by atoms with Gasteiger partial charge in [0.25, 0.3) is 0 Å². The molecule has 0 saturated carbocycles. The molecule has 0 unspecified atom stereocenters. The van der Waals surface area contributed by atoms with Crippen molar-refractivity contribution in [2.45, 2.75) is 79.1 Å². The summed E-state index contributed by atoms with van der Waals surface area (Å²) in [6.45, 7) is 10.8. The number of sulfonamides is 3. The van der Waals surface area contributed by atoms with Crippen LogP contribution in [-0.4, -0.2) is 106 Å². The van der Waals surface area contributed by atoms with E-state index in [-0.39, 0.29) is 17.1 Å². The molecule has 0 aliphatic carbocycles. The molecule has 0 saturated heterocycles. The minimum Gasteiger partial charge on any atom is -0.357 e. The summed E-state index contributed by atoms with van der Waals surface area (Å²) in [5.74, 6) is 2.21. The van der Waals surface area contributed by atoms with Crippen LogP contribution in [0.25, 0.3) is 89.7 Å². The van der Waals surface area contributed by atoms with Gasteiger partial charge in [0.1, 0.15) is 0 Å². The van der Waals surface area contributed by atoms with Crippen molar-refractivity contribution in [3.63, 3.8) is 0 Å². The van der Waals surface area contributed by atoms with Gasteiger partial charge in [0.15, 0.2) is 0 Å². The van der Waals surface area contributed by atoms with E-state index in [2.05, 4.69) is 6.92 Å². The maximum absolute atomic E-state index is 11.6. The molecule has 531 valence electrons. The molecule has 0 atom stereocenters. The van der Waals surface area contributed by atoms with Crippen LogP contribution in [-0.2, 0) is 56.5 Å². The molecular formula is C76H84CuN12O8S4. The first-order chi connectivity index (χ1) is 48.3. The van der Waals surface area contributed by atoms with Crippen LogP contribution in [0, 0.1) is 0 Å². The zero-order valence-electron chi connectivity index (χ0n) is 57.8. The number of hydroxylamine groups is 1. The van der Waals surface area contributed by atoms with Crippen molar-refractivity contribution in [1.82, 2.24) is 39.9 Å². The molecule has 0 fully saturated rings. The fourth-order valence-corrected chi connectivity index (χ4v) is 13.8. The number of benzene rings is 8. The topological polar surface area (TPSA) is 239 Å². The van der Waals surface area contributed by atoms with E-state index in [1.165, 1.54) is 43.7 Å². The fraction of sp³-hybridized carbons (Fsp3) is 0.263. The molecule has 2 aliphatic rings. The standard InChI is InChI=1S/C32H16N8.4C11H17NO2S.Cu/c1-2-10-18-17(9-1)25-33-26(18)38-28-21-13-5-6-14-22(21)30(35-28)40-32-24-16-8-7-15-23(24)31(36-32)39-29-20-12-4-3-11-19(20)27(34-29)37-25;3*1-3-4-10-12(15(2,13)14)11-8-6-5-7-9-11;1-3-4-10-12(13-14-15-2)11-8-6-5-7-9-11;/h1-16H;4*5-9H,3-4,10H2,1-2H3;/q-2;;;;;+2. The van der Waals surface area contributed by atoms with Gasteiger partial charge in [-0.1, -0.05) is 228 Å². The number of hydrogen-bond donors (Lipinski definition) is 0. The summed E-state index contributed by atoms with van der Waals surface area (Å²) in [6, 6.07) is 69.4. The predicted molar refractivity (Wildman–Crippen MR) is 409 cm³/mol. The maximum atomic E-state index is 11.6. The van der Waals surface area contributed by atoms with Gasteiger partial charge in [0.05, 0.1) is 64.8 Å². The summed E-state index contributed by atoms with van der Waals surface area (Å²) in [4.78, 5) is 44.4. The zero-order chi connectivity index (χ0) is 71.1. The summed E-state index contributed by atoms with van der Waals surface area (Å²) in [5.41, 5.74) is 9.03. The number of hydrogen-bond acceptors (Lipinski definition) is 16. The Morgan fingerprint density at radius 1 is 0.337 bits per heavy atom. The monoisotopic (exact) mass is 1480 g/mol. The van der Waals surface area contributed by atoms with Gasteiger partial charge in [-0.15, -0.1) is 4.33 Å². The van der Waals surface area contributed by atoms with Crippen molar-refractivity contribution in [1.29, 1.82) is 0 Å². The largest absolute Gasteiger partial charge is 2.00 e. The Balaban J connectivity index is 0.000000178. The van der Waals surface area contributed by atoms with Gasteiger partial charge in [0, 0.05) is 89.3 Å². The third-order valence-corrected chi connectivity index (χ3v) is 19.5. The maximum Gasteiger partial charge on any atom is 2.00 e. The zero-order valence-corrected chi connectivity index (χ0v) is 62.0. The van der Waals surface area contributed by atoms with Crippen LogP contribution in [0.4, 0.5) is 22.7 Å². The first-order valence-electron chi connectivity index (χ1n) is 33.2. The third-order valence-electron chi connectivity index (χ3n) is 15.8. The van der Waals surface area contributed by atoms with Crippen LogP contribution in [0.2, 0.25) is 0 Å². The van der Waals surface area contributed by atoms with Crippen molar-refractivity contribution in [3.05, 3.63) is 218 Å². The van der Waals surface area contributed by atoms with E-state index in [0.717, 1.165) is 124 Å². The summed E-state index contributed by atoms with van der Waals surface area (Å²) >= 11 is 1.19. The van der Waals surface area contributed by atoms with Gasteiger partial charge in [-0.05, 0) is 95.8 Å². The summed E-state index contributed by atoms with van der Waals surface area (Å²) in [6.07, 6.45) is 13.4. The molecule has 8 aromatic carbocycles. The number of unbranched alkanes of at least 4 members (excludes halogenated alkanes) is 4. The average Bonchev–Trinajstić information content (AvgIpc) is 1.60. The van der Waals surface area contributed by atoms with Gasteiger partial charge in [-0.3, -0.25) is 12.9 Å². The molecule has 5 heterocycles. The van der Waals surface area contributed by atoms with Crippen LogP contribution in [0.3, 0.4) is 0 Å². The van der Waals surface area contributed by atoms with E-state index >= 15 is 0 Å². The molecule has 0 N–H and O–H groups in total. The van der Waals surface area contributed by atoms with E-state index in [1.54, 1.807) is 5.06 Å². The van der Waals surface area contributed by atoms with Gasteiger partial charge in [-0.25, -0.2) is 40.3 Å². The Labute approximate surface area is 608 Å². The number of para-hydroxylation sites is 4. The van der Waals surface area contributed by atoms with Crippen LogP contribution < -0.4 is 27.9 Å². The Bertz CT molecular complexity index is 4470. The molecular weight excluding hydrogens is 1400 g/mol. The van der Waals surface area contributed by atoms with E-state index in [0.29, 0.717) is 65.5 Å². The molecule has 8 bridgehead atoms. The van der Waals surface area contributed by atoms with Crippen LogP contribution in [0.5, 0.6) is 0 Å². The second-order valence-corrected chi connectivity index (χ2v) is 29.5. The van der Waals surface area contributed by atoms with E-state index in [1.807, 2.05) is 245 Å². The van der Waals surface area contributed by atoms with Gasteiger partial charge in [-0.2, -0.15) is 0 Å². The molecule has 0 spiro atoms.